The van der Waals surface area contributed by atoms with Crippen LogP contribution in [0.25, 0.3) is 0 Å². The Labute approximate surface area is 74.9 Å². The second-order valence-electron chi connectivity index (χ2n) is 2.56. The smallest absolute Gasteiger partial charge is 0.373 e. The molecule has 13 heavy (non-hydrogen) atoms. The molecule has 0 saturated carbocycles. The largest absolute Gasteiger partial charge is 0.501 e. The van der Waals surface area contributed by atoms with Crippen molar-refractivity contribution in [2.75, 3.05) is 13.7 Å². The summed E-state index contributed by atoms with van der Waals surface area (Å²) in [5.74, 6) is -2.20. The maximum atomic E-state index is 11.0. The first-order chi connectivity index (χ1) is 6.16. The monoisotopic (exact) mass is 186 g/mol. The summed E-state index contributed by atoms with van der Waals surface area (Å²) in [4.78, 5) is 21.8. The van der Waals surface area contributed by atoms with Crippen molar-refractivity contribution in [1.82, 2.24) is 0 Å². The van der Waals surface area contributed by atoms with Crippen LogP contribution in [0.4, 0.5) is 0 Å². The van der Waals surface area contributed by atoms with Crippen LogP contribution in [0.1, 0.15) is 12.8 Å². The van der Waals surface area contributed by atoms with Gasteiger partial charge < -0.3 is 14.6 Å². The van der Waals surface area contributed by atoms with Gasteiger partial charge in [0.25, 0.3) is 0 Å². The molecule has 1 saturated heterocycles. The number of esters is 2. The van der Waals surface area contributed by atoms with Crippen LogP contribution >= 0.6 is 0 Å². The molecule has 0 atom stereocenters. The van der Waals surface area contributed by atoms with Crippen LogP contribution in [0, 0.1) is 0 Å². The van der Waals surface area contributed by atoms with Gasteiger partial charge in [0.15, 0.2) is 0 Å². The zero-order valence-electron chi connectivity index (χ0n) is 7.20. The van der Waals surface area contributed by atoms with Crippen LogP contribution in [0.2, 0.25) is 0 Å². The van der Waals surface area contributed by atoms with E-state index in [0.29, 0.717) is 19.4 Å². The summed E-state index contributed by atoms with van der Waals surface area (Å²) in [7, 11) is 1.13. The third kappa shape index (κ3) is 1.99. The molecule has 0 aromatic carbocycles. The Kier molecular flexibility index (Phi) is 2.89. The highest BCUT2D eigenvalue weighted by molar-refractivity contribution is 5.98. The fourth-order valence-corrected chi connectivity index (χ4v) is 1.04. The van der Waals surface area contributed by atoms with E-state index in [4.69, 9.17) is 0 Å². The fourth-order valence-electron chi connectivity index (χ4n) is 1.04. The molecular weight excluding hydrogens is 176 g/mol. The van der Waals surface area contributed by atoms with Gasteiger partial charge >= 0.3 is 11.9 Å². The molecule has 1 N–H and O–H groups in total. The first-order valence-corrected chi connectivity index (χ1v) is 3.84. The van der Waals surface area contributed by atoms with E-state index in [1.165, 1.54) is 0 Å². The first kappa shape index (κ1) is 9.57. The van der Waals surface area contributed by atoms with Crippen LogP contribution in [0.3, 0.4) is 0 Å². The third-order valence-electron chi connectivity index (χ3n) is 1.72. The number of ether oxygens (including phenoxy) is 2. The number of carbonyl (C=O) groups is 2. The van der Waals surface area contributed by atoms with Crippen LogP contribution in [-0.2, 0) is 19.1 Å². The van der Waals surface area contributed by atoms with Crippen LogP contribution in [0.15, 0.2) is 11.3 Å². The topological polar surface area (TPSA) is 72.8 Å². The van der Waals surface area contributed by atoms with E-state index in [1.54, 1.807) is 0 Å². The molecular formula is C8H10O5. The Bertz CT molecular complexity index is 266. The fraction of sp³-hybridized carbons (Fsp3) is 0.500. The first-order valence-electron chi connectivity index (χ1n) is 3.84. The molecule has 0 bridgehead atoms. The van der Waals surface area contributed by atoms with Gasteiger partial charge in [-0.2, -0.15) is 0 Å². The number of hydrogen-bond acceptors (Lipinski definition) is 5. The van der Waals surface area contributed by atoms with Crippen molar-refractivity contribution in [1.29, 1.82) is 0 Å². The molecule has 0 amide bonds. The van der Waals surface area contributed by atoms with Crippen LogP contribution in [0.5, 0.6) is 0 Å². The number of hydrogen-bond donors (Lipinski definition) is 1. The van der Waals surface area contributed by atoms with E-state index in [9.17, 15) is 14.7 Å². The zero-order chi connectivity index (χ0) is 9.84. The van der Waals surface area contributed by atoms with E-state index in [0.717, 1.165) is 7.11 Å². The molecule has 0 spiro atoms. The molecule has 1 aliphatic rings. The molecule has 0 aromatic rings. The molecule has 1 rings (SSSR count). The quantitative estimate of drug-likeness (QED) is 0.362. The van der Waals surface area contributed by atoms with E-state index < -0.39 is 17.7 Å². The molecule has 0 aromatic heterocycles. The standard InChI is InChI=1S/C8H10O5/c1-12-8(11)6(9)5-3-2-4-13-7(5)10/h9H,2-4H2,1H3/b6-5-. The minimum Gasteiger partial charge on any atom is -0.501 e. The predicted molar refractivity (Wildman–Crippen MR) is 41.9 cm³/mol. The van der Waals surface area contributed by atoms with Crippen molar-refractivity contribution in [2.24, 2.45) is 0 Å². The highest BCUT2D eigenvalue weighted by atomic mass is 16.5. The lowest BCUT2D eigenvalue weighted by Crippen LogP contribution is -2.20. The molecule has 0 radical (unpaired) electrons. The van der Waals surface area contributed by atoms with Gasteiger partial charge in [-0.25, -0.2) is 9.59 Å². The number of cyclic esters (lactones) is 1. The van der Waals surface area contributed by atoms with Gasteiger partial charge in [0, 0.05) is 0 Å². The van der Waals surface area contributed by atoms with E-state index in [2.05, 4.69) is 9.47 Å². The third-order valence-corrected chi connectivity index (χ3v) is 1.72. The number of rotatable bonds is 1. The SMILES string of the molecule is COC(=O)/C(O)=C1\CCCOC1=O. The number of aliphatic hydroxyl groups is 1. The lowest BCUT2D eigenvalue weighted by Gasteiger charge is -2.14. The van der Waals surface area contributed by atoms with Crippen molar-refractivity contribution < 1.29 is 24.2 Å². The van der Waals surface area contributed by atoms with Gasteiger partial charge in [-0.3, -0.25) is 0 Å². The Morgan fingerprint density at radius 1 is 1.62 bits per heavy atom. The zero-order valence-corrected chi connectivity index (χ0v) is 7.20. The van der Waals surface area contributed by atoms with Gasteiger partial charge in [0.1, 0.15) is 0 Å². The summed E-state index contributed by atoms with van der Waals surface area (Å²) in [5.41, 5.74) is -0.00176. The summed E-state index contributed by atoms with van der Waals surface area (Å²) in [6, 6.07) is 0. The van der Waals surface area contributed by atoms with Crippen molar-refractivity contribution >= 4 is 11.9 Å². The second kappa shape index (κ2) is 3.93. The maximum Gasteiger partial charge on any atom is 0.373 e. The number of aliphatic hydroxyl groups excluding tert-OH is 1. The predicted octanol–water partition coefficient (Wildman–Crippen LogP) is 0.308. The van der Waals surface area contributed by atoms with Gasteiger partial charge in [0.2, 0.25) is 5.76 Å². The van der Waals surface area contributed by atoms with Gasteiger partial charge in [-0.1, -0.05) is 0 Å². The Morgan fingerprint density at radius 2 is 2.31 bits per heavy atom. The molecule has 1 fully saturated rings. The highest BCUT2D eigenvalue weighted by Crippen LogP contribution is 2.17. The van der Waals surface area contributed by atoms with Crippen molar-refractivity contribution in [3.05, 3.63) is 11.3 Å². The molecule has 5 nitrogen and oxygen atoms in total. The maximum absolute atomic E-state index is 11.0. The average molecular weight is 186 g/mol. The van der Waals surface area contributed by atoms with E-state index in [-0.39, 0.29) is 5.57 Å². The number of carbonyl (C=O) groups excluding carboxylic acids is 2. The Balaban J connectivity index is 2.87. The van der Waals surface area contributed by atoms with Gasteiger partial charge in [0.05, 0.1) is 19.3 Å². The van der Waals surface area contributed by atoms with Crippen molar-refractivity contribution in [3.8, 4) is 0 Å². The van der Waals surface area contributed by atoms with Crippen molar-refractivity contribution in [3.63, 3.8) is 0 Å². The minimum atomic E-state index is -0.908. The molecule has 1 aliphatic heterocycles. The lowest BCUT2D eigenvalue weighted by atomic mass is 10.1. The van der Waals surface area contributed by atoms with E-state index >= 15 is 0 Å². The Hall–Kier alpha value is -1.52. The summed E-state index contributed by atoms with van der Waals surface area (Å²) < 4.78 is 8.90. The summed E-state index contributed by atoms with van der Waals surface area (Å²) in [6.07, 6.45) is 0.960. The lowest BCUT2D eigenvalue weighted by molar-refractivity contribution is -0.144. The second-order valence-corrected chi connectivity index (χ2v) is 2.56. The number of methoxy groups -OCH3 is 1. The average Bonchev–Trinajstić information content (AvgIpc) is 2.16. The molecule has 0 aliphatic carbocycles. The van der Waals surface area contributed by atoms with Gasteiger partial charge in [-0.05, 0) is 12.8 Å². The highest BCUT2D eigenvalue weighted by Gasteiger charge is 2.24. The van der Waals surface area contributed by atoms with Crippen LogP contribution in [-0.4, -0.2) is 30.8 Å². The van der Waals surface area contributed by atoms with Crippen molar-refractivity contribution in [2.45, 2.75) is 12.8 Å². The summed E-state index contributed by atoms with van der Waals surface area (Å²) in [5, 5.41) is 9.22. The molecule has 1 heterocycles. The summed E-state index contributed by atoms with van der Waals surface area (Å²) in [6.45, 7) is 0.330. The molecule has 5 heteroatoms. The van der Waals surface area contributed by atoms with Crippen LogP contribution < -0.4 is 0 Å². The summed E-state index contributed by atoms with van der Waals surface area (Å²) >= 11 is 0. The Morgan fingerprint density at radius 3 is 2.85 bits per heavy atom. The van der Waals surface area contributed by atoms with E-state index in [1.807, 2.05) is 0 Å². The normalized spacial score (nSPS) is 20.5. The minimum absolute atomic E-state index is 0.00176. The van der Waals surface area contributed by atoms with Gasteiger partial charge in [-0.15, -0.1) is 0 Å². The molecule has 0 unspecified atom stereocenters. The molecule has 72 valence electrons.